The first-order chi connectivity index (χ1) is 9.81. The number of hydrogen-bond acceptors (Lipinski definition) is 3. The van der Waals surface area contributed by atoms with E-state index in [0.29, 0.717) is 12.6 Å². The monoisotopic (exact) mass is 275 g/mol. The zero-order valence-corrected chi connectivity index (χ0v) is 12.3. The van der Waals surface area contributed by atoms with Gasteiger partial charge in [0, 0.05) is 18.2 Å². The molecule has 2 rings (SSSR count). The third-order valence-electron chi connectivity index (χ3n) is 3.80. The molecule has 1 aromatic carbocycles. The highest BCUT2D eigenvalue weighted by molar-refractivity contribution is 5.33. The number of allylic oxidation sites excluding steroid dienone is 1. The van der Waals surface area contributed by atoms with Crippen LogP contribution >= 0.6 is 0 Å². The van der Waals surface area contributed by atoms with Crippen molar-refractivity contribution in [3.63, 3.8) is 0 Å². The van der Waals surface area contributed by atoms with E-state index in [4.69, 9.17) is 9.84 Å². The third-order valence-corrected chi connectivity index (χ3v) is 3.80. The molecule has 1 unspecified atom stereocenters. The van der Waals surface area contributed by atoms with Crippen LogP contribution in [-0.4, -0.2) is 24.4 Å². The SMILES string of the molecule is CC(NCc1ccccc1OCCO)C1=CCCCC1. The lowest BCUT2D eigenvalue weighted by atomic mass is 9.94. The van der Waals surface area contributed by atoms with Crippen molar-refractivity contribution in [2.45, 2.75) is 45.2 Å². The topological polar surface area (TPSA) is 41.5 Å². The van der Waals surface area contributed by atoms with Crippen LogP contribution < -0.4 is 10.1 Å². The Morgan fingerprint density at radius 2 is 2.15 bits per heavy atom. The Morgan fingerprint density at radius 1 is 1.30 bits per heavy atom. The van der Waals surface area contributed by atoms with Gasteiger partial charge in [-0.2, -0.15) is 0 Å². The van der Waals surface area contributed by atoms with Crippen molar-refractivity contribution >= 4 is 0 Å². The van der Waals surface area contributed by atoms with Crippen LogP contribution in [0.2, 0.25) is 0 Å². The molecular formula is C17H25NO2. The van der Waals surface area contributed by atoms with E-state index in [2.05, 4.69) is 24.4 Å². The summed E-state index contributed by atoms with van der Waals surface area (Å²) in [6.07, 6.45) is 7.46. The van der Waals surface area contributed by atoms with Gasteiger partial charge < -0.3 is 15.2 Å². The summed E-state index contributed by atoms with van der Waals surface area (Å²) in [4.78, 5) is 0. The van der Waals surface area contributed by atoms with Crippen LogP contribution in [0, 0.1) is 0 Å². The molecule has 0 spiro atoms. The fourth-order valence-corrected chi connectivity index (χ4v) is 2.60. The minimum Gasteiger partial charge on any atom is -0.491 e. The molecule has 0 aliphatic heterocycles. The molecule has 1 atom stereocenters. The summed E-state index contributed by atoms with van der Waals surface area (Å²) in [5.74, 6) is 0.860. The van der Waals surface area contributed by atoms with E-state index in [1.165, 1.54) is 31.3 Å². The van der Waals surface area contributed by atoms with E-state index in [1.807, 2.05) is 18.2 Å². The van der Waals surface area contributed by atoms with Crippen LogP contribution in [0.25, 0.3) is 0 Å². The van der Waals surface area contributed by atoms with Gasteiger partial charge in [0.1, 0.15) is 12.4 Å². The Balaban J connectivity index is 1.91. The van der Waals surface area contributed by atoms with E-state index in [9.17, 15) is 0 Å². The summed E-state index contributed by atoms with van der Waals surface area (Å²) < 4.78 is 5.56. The number of aliphatic hydroxyl groups excluding tert-OH is 1. The van der Waals surface area contributed by atoms with Gasteiger partial charge in [-0.3, -0.25) is 0 Å². The second-order valence-corrected chi connectivity index (χ2v) is 5.31. The van der Waals surface area contributed by atoms with E-state index >= 15 is 0 Å². The van der Waals surface area contributed by atoms with Gasteiger partial charge in [-0.15, -0.1) is 0 Å². The minimum atomic E-state index is 0.0467. The molecule has 0 aromatic heterocycles. The molecule has 3 nitrogen and oxygen atoms in total. The molecule has 0 radical (unpaired) electrons. The lowest BCUT2D eigenvalue weighted by Gasteiger charge is -2.21. The quantitative estimate of drug-likeness (QED) is 0.752. The maximum Gasteiger partial charge on any atom is 0.123 e. The smallest absolute Gasteiger partial charge is 0.123 e. The average Bonchev–Trinajstić information content (AvgIpc) is 2.52. The summed E-state index contributed by atoms with van der Waals surface area (Å²) >= 11 is 0. The van der Waals surface area contributed by atoms with Crippen LogP contribution in [0.1, 0.15) is 38.2 Å². The molecule has 0 fully saturated rings. The van der Waals surface area contributed by atoms with Crippen LogP contribution in [0.3, 0.4) is 0 Å². The Kier molecular flexibility index (Phi) is 6.09. The van der Waals surface area contributed by atoms with Crippen LogP contribution in [0.4, 0.5) is 0 Å². The average molecular weight is 275 g/mol. The highest BCUT2D eigenvalue weighted by atomic mass is 16.5. The Bertz CT molecular complexity index is 442. The predicted molar refractivity (Wildman–Crippen MR) is 81.9 cm³/mol. The highest BCUT2D eigenvalue weighted by Gasteiger charge is 2.12. The maximum absolute atomic E-state index is 8.86. The van der Waals surface area contributed by atoms with Crippen molar-refractivity contribution in [2.75, 3.05) is 13.2 Å². The van der Waals surface area contributed by atoms with Crippen LogP contribution in [0.5, 0.6) is 5.75 Å². The largest absolute Gasteiger partial charge is 0.491 e. The van der Waals surface area contributed by atoms with E-state index in [0.717, 1.165) is 17.9 Å². The van der Waals surface area contributed by atoms with Crippen molar-refractivity contribution in [2.24, 2.45) is 0 Å². The summed E-state index contributed by atoms with van der Waals surface area (Å²) in [7, 11) is 0. The fraction of sp³-hybridized carbons (Fsp3) is 0.529. The Labute approximate surface area is 121 Å². The molecule has 1 aliphatic carbocycles. The number of nitrogens with one attached hydrogen (secondary N) is 1. The molecule has 1 aliphatic rings. The molecule has 0 bridgehead atoms. The predicted octanol–water partition coefficient (Wildman–Crippen LogP) is 3.04. The number of para-hydroxylation sites is 1. The molecule has 0 saturated carbocycles. The van der Waals surface area contributed by atoms with E-state index in [1.54, 1.807) is 0 Å². The summed E-state index contributed by atoms with van der Waals surface area (Å²) in [6, 6.07) is 8.43. The van der Waals surface area contributed by atoms with Gasteiger partial charge in [0.15, 0.2) is 0 Å². The number of rotatable bonds is 7. The van der Waals surface area contributed by atoms with Gasteiger partial charge in [-0.1, -0.05) is 29.8 Å². The lowest BCUT2D eigenvalue weighted by molar-refractivity contribution is 0.200. The van der Waals surface area contributed by atoms with Crippen molar-refractivity contribution in [1.29, 1.82) is 0 Å². The minimum absolute atomic E-state index is 0.0467. The van der Waals surface area contributed by atoms with Crippen molar-refractivity contribution < 1.29 is 9.84 Å². The molecular weight excluding hydrogens is 250 g/mol. The molecule has 110 valence electrons. The van der Waals surface area contributed by atoms with Gasteiger partial charge in [0.25, 0.3) is 0 Å². The van der Waals surface area contributed by atoms with Crippen LogP contribution in [0.15, 0.2) is 35.9 Å². The van der Waals surface area contributed by atoms with Gasteiger partial charge in [-0.05, 0) is 38.7 Å². The van der Waals surface area contributed by atoms with Crippen molar-refractivity contribution in [3.8, 4) is 5.75 Å². The molecule has 1 aromatic rings. The zero-order valence-electron chi connectivity index (χ0n) is 12.3. The summed E-state index contributed by atoms with van der Waals surface area (Å²) in [6.45, 7) is 3.41. The second-order valence-electron chi connectivity index (χ2n) is 5.31. The third kappa shape index (κ3) is 4.36. The van der Waals surface area contributed by atoms with Crippen LogP contribution in [-0.2, 0) is 6.54 Å². The molecule has 0 amide bonds. The van der Waals surface area contributed by atoms with E-state index in [-0.39, 0.29) is 6.61 Å². The number of benzene rings is 1. The molecule has 3 heteroatoms. The Hall–Kier alpha value is -1.32. The van der Waals surface area contributed by atoms with Gasteiger partial charge >= 0.3 is 0 Å². The first kappa shape index (κ1) is 15.1. The first-order valence-electron chi connectivity index (χ1n) is 7.55. The number of aliphatic hydroxyl groups is 1. The van der Waals surface area contributed by atoms with Crippen molar-refractivity contribution in [3.05, 3.63) is 41.5 Å². The number of hydrogen-bond donors (Lipinski definition) is 2. The highest BCUT2D eigenvalue weighted by Crippen LogP contribution is 2.22. The summed E-state index contributed by atoms with van der Waals surface area (Å²) in [5, 5.41) is 12.4. The van der Waals surface area contributed by atoms with Gasteiger partial charge in [0.2, 0.25) is 0 Å². The van der Waals surface area contributed by atoms with Gasteiger partial charge in [-0.25, -0.2) is 0 Å². The van der Waals surface area contributed by atoms with Crippen molar-refractivity contribution in [1.82, 2.24) is 5.32 Å². The zero-order chi connectivity index (χ0) is 14.2. The standard InChI is InChI=1S/C17H25NO2/c1-14(15-7-3-2-4-8-15)18-13-16-9-5-6-10-17(16)20-12-11-19/h5-7,9-10,14,18-19H,2-4,8,11-13H2,1H3. The lowest BCUT2D eigenvalue weighted by Crippen LogP contribution is -2.28. The normalized spacial score (nSPS) is 16.6. The Morgan fingerprint density at radius 3 is 2.90 bits per heavy atom. The molecule has 0 heterocycles. The second kappa shape index (κ2) is 8.08. The fourth-order valence-electron chi connectivity index (χ4n) is 2.60. The van der Waals surface area contributed by atoms with Gasteiger partial charge in [0.05, 0.1) is 6.61 Å². The summed E-state index contributed by atoms with van der Waals surface area (Å²) in [5.41, 5.74) is 2.68. The van der Waals surface area contributed by atoms with E-state index < -0.39 is 0 Å². The molecule has 0 saturated heterocycles. The molecule has 20 heavy (non-hydrogen) atoms. The molecule has 2 N–H and O–H groups in total. The number of ether oxygens (including phenoxy) is 1. The maximum atomic E-state index is 8.86. The first-order valence-corrected chi connectivity index (χ1v) is 7.55.